The zero-order valence-electron chi connectivity index (χ0n) is 19.7. The molecule has 0 bridgehead atoms. The summed E-state index contributed by atoms with van der Waals surface area (Å²) in [5.41, 5.74) is 11.2. The van der Waals surface area contributed by atoms with E-state index in [9.17, 15) is 35.9 Å². The van der Waals surface area contributed by atoms with Crippen molar-refractivity contribution in [3.8, 4) is 0 Å². The summed E-state index contributed by atoms with van der Waals surface area (Å²) in [6, 6.07) is -0.216. The summed E-state index contributed by atoms with van der Waals surface area (Å²) in [6.07, 6.45) is -4.11. The molecule has 3 heterocycles. The summed E-state index contributed by atoms with van der Waals surface area (Å²) in [5, 5.41) is 0. The van der Waals surface area contributed by atoms with Crippen LogP contribution in [0.4, 0.5) is 26.3 Å². The lowest BCUT2D eigenvalue weighted by atomic mass is 10.0. The van der Waals surface area contributed by atoms with Crippen LogP contribution in [0.5, 0.6) is 0 Å². The Morgan fingerprint density at radius 2 is 1.76 bits per heavy atom. The van der Waals surface area contributed by atoms with E-state index in [2.05, 4.69) is 4.98 Å². The lowest BCUT2D eigenvalue weighted by molar-refractivity contribution is -0.148. The molecule has 4 rings (SSSR count). The lowest BCUT2D eigenvalue weighted by Gasteiger charge is -2.32. The van der Waals surface area contributed by atoms with Crippen molar-refractivity contribution >= 4 is 11.8 Å². The van der Waals surface area contributed by atoms with Gasteiger partial charge in [0.15, 0.2) is 17.3 Å². The number of piperidine rings is 1. The molecule has 202 valence electrons. The van der Waals surface area contributed by atoms with Crippen LogP contribution in [0.25, 0.3) is 0 Å². The Morgan fingerprint density at radius 1 is 1.05 bits per heavy atom. The van der Waals surface area contributed by atoms with E-state index in [0.717, 1.165) is 4.57 Å². The fourth-order valence-corrected chi connectivity index (χ4v) is 4.74. The molecule has 1 unspecified atom stereocenters. The molecule has 2 amide bonds. The number of carbonyl (C=O) groups is 2. The molecule has 2 aliphatic heterocycles. The first-order chi connectivity index (χ1) is 17.3. The van der Waals surface area contributed by atoms with E-state index in [1.54, 1.807) is 0 Å². The average Bonchev–Trinajstić information content (AvgIpc) is 3.21. The quantitative estimate of drug-likeness (QED) is 0.453. The Morgan fingerprint density at radius 3 is 2.43 bits per heavy atom. The number of nitrogens with two attached hydrogens (primary N) is 2. The second-order valence-electron chi connectivity index (χ2n) is 9.37. The van der Waals surface area contributed by atoms with E-state index in [4.69, 9.17) is 11.5 Å². The maximum Gasteiger partial charge on any atom is 0.449 e. The Bertz CT molecular complexity index is 1200. The first kappa shape index (κ1) is 26.9. The number of amides is 2. The van der Waals surface area contributed by atoms with Crippen LogP contribution in [0, 0.1) is 17.5 Å². The summed E-state index contributed by atoms with van der Waals surface area (Å²) in [6.45, 7) is -0.139. The molecule has 0 radical (unpaired) electrons. The SMILES string of the molecule is NC1CCCN(C(=O)c2nc(C(F)(F)F)n3c2CN(C(=O)C[C@H](N)Cc2cc(F)c(F)cc2F)CC3)C1. The zero-order valence-corrected chi connectivity index (χ0v) is 19.7. The van der Waals surface area contributed by atoms with Crippen molar-refractivity contribution < 1.29 is 35.9 Å². The molecule has 2 aromatic rings. The van der Waals surface area contributed by atoms with Gasteiger partial charge in [0.1, 0.15) is 5.82 Å². The Kier molecular flexibility index (Phi) is 7.51. The molecular weight excluding hydrogens is 506 g/mol. The number of alkyl halides is 3. The fraction of sp³-hybridized carbons (Fsp3) is 0.522. The number of benzene rings is 1. The highest BCUT2D eigenvalue weighted by Gasteiger charge is 2.42. The van der Waals surface area contributed by atoms with Gasteiger partial charge in [-0.2, -0.15) is 13.2 Å². The molecule has 1 aromatic carbocycles. The monoisotopic (exact) mass is 532 g/mol. The number of nitrogens with zero attached hydrogens (tertiary/aromatic N) is 4. The van der Waals surface area contributed by atoms with Gasteiger partial charge in [0.05, 0.1) is 12.2 Å². The molecule has 0 spiro atoms. The van der Waals surface area contributed by atoms with Crippen LogP contribution in [0.1, 0.15) is 46.8 Å². The molecule has 2 aliphatic rings. The van der Waals surface area contributed by atoms with Crippen molar-refractivity contribution in [2.75, 3.05) is 19.6 Å². The van der Waals surface area contributed by atoms with Crippen molar-refractivity contribution in [2.45, 2.75) is 57.0 Å². The molecule has 14 heteroatoms. The van der Waals surface area contributed by atoms with Gasteiger partial charge in [0.25, 0.3) is 5.91 Å². The predicted octanol–water partition coefficient (Wildman–Crippen LogP) is 2.18. The number of hydrogen-bond acceptors (Lipinski definition) is 5. The number of imidazole rings is 1. The third kappa shape index (κ3) is 5.74. The van der Waals surface area contributed by atoms with Gasteiger partial charge in [-0.15, -0.1) is 0 Å². The van der Waals surface area contributed by atoms with Crippen LogP contribution in [0.2, 0.25) is 0 Å². The second-order valence-corrected chi connectivity index (χ2v) is 9.37. The summed E-state index contributed by atoms with van der Waals surface area (Å²) >= 11 is 0. The molecule has 1 fully saturated rings. The Labute approximate surface area is 208 Å². The van der Waals surface area contributed by atoms with Gasteiger partial charge < -0.3 is 25.8 Å². The van der Waals surface area contributed by atoms with E-state index < -0.39 is 47.3 Å². The summed E-state index contributed by atoms with van der Waals surface area (Å²) in [7, 11) is 0. The van der Waals surface area contributed by atoms with Crippen LogP contribution in [0.15, 0.2) is 12.1 Å². The van der Waals surface area contributed by atoms with Gasteiger partial charge in [0, 0.05) is 50.7 Å². The van der Waals surface area contributed by atoms with Gasteiger partial charge in [-0.1, -0.05) is 0 Å². The molecule has 4 N–H and O–H groups in total. The number of fused-ring (bicyclic) bond motifs is 1. The molecule has 0 aliphatic carbocycles. The summed E-state index contributed by atoms with van der Waals surface area (Å²) in [4.78, 5) is 32.3. The summed E-state index contributed by atoms with van der Waals surface area (Å²) < 4.78 is 82.5. The molecule has 37 heavy (non-hydrogen) atoms. The maximum atomic E-state index is 13.9. The van der Waals surface area contributed by atoms with Gasteiger partial charge in [-0.05, 0) is 30.9 Å². The van der Waals surface area contributed by atoms with Crippen LogP contribution < -0.4 is 11.5 Å². The molecular formula is C23H26F6N6O2. The number of carbonyl (C=O) groups excluding carboxylic acids is 2. The normalized spacial score (nSPS) is 19.1. The van der Waals surface area contributed by atoms with Crippen LogP contribution >= 0.6 is 0 Å². The molecule has 2 atom stereocenters. The van der Waals surface area contributed by atoms with Crippen molar-refractivity contribution in [1.82, 2.24) is 19.4 Å². The first-order valence-electron chi connectivity index (χ1n) is 11.7. The zero-order chi connectivity index (χ0) is 27.1. The minimum atomic E-state index is -4.81. The van der Waals surface area contributed by atoms with Gasteiger partial charge in [-0.3, -0.25) is 9.59 Å². The number of hydrogen-bond donors (Lipinski definition) is 2. The predicted molar refractivity (Wildman–Crippen MR) is 118 cm³/mol. The Hall–Kier alpha value is -3.13. The highest BCUT2D eigenvalue weighted by atomic mass is 19.4. The lowest BCUT2D eigenvalue weighted by Crippen LogP contribution is -2.46. The van der Waals surface area contributed by atoms with E-state index >= 15 is 0 Å². The van der Waals surface area contributed by atoms with Crippen LogP contribution in [-0.2, 0) is 30.5 Å². The standard InChI is InChI=1S/C23H26F6N6O2/c24-15-9-17(26)16(25)7-12(15)6-14(31)8-19(36)33-4-5-35-18(11-33)20(32-22(35)23(27,28)29)21(37)34-3-1-2-13(30)10-34/h7,9,13-14H,1-6,8,10-11,30-31H2/t13?,14-/m1/s1. The largest absolute Gasteiger partial charge is 0.449 e. The van der Waals surface area contributed by atoms with Crippen molar-refractivity contribution in [3.05, 3.63) is 52.4 Å². The van der Waals surface area contributed by atoms with Gasteiger partial charge in [0.2, 0.25) is 11.7 Å². The third-order valence-electron chi connectivity index (χ3n) is 6.57. The number of rotatable bonds is 5. The summed E-state index contributed by atoms with van der Waals surface area (Å²) in [5.74, 6) is -6.07. The minimum Gasteiger partial charge on any atom is -0.336 e. The average molecular weight is 532 g/mol. The van der Waals surface area contributed by atoms with Crippen molar-refractivity contribution in [1.29, 1.82) is 0 Å². The van der Waals surface area contributed by atoms with E-state index in [-0.39, 0.29) is 62.0 Å². The van der Waals surface area contributed by atoms with Crippen LogP contribution in [-0.4, -0.2) is 62.9 Å². The van der Waals surface area contributed by atoms with Crippen molar-refractivity contribution in [3.63, 3.8) is 0 Å². The van der Waals surface area contributed by atoms with Gasteiger partial charge >= 0.3 is 6.18 Å². The number of likely N-dealkylation sites (tertiary alicyclic amines) is 1. The second kappa shape index (κ2) is 10.3. The number of aromatic nitrogens is 2. The highest BCUT2D eigenvalue weighted by Crippen LogP contribution is 2.33. The fourth-order valence-electron chi connectivity index (χ4n) is 4.74. The van der Waals surface area contributed by atoms with Gasteiger partial charge in [-0.25, -0.2) is 18.2 Å². The Balaban J connectivity index is 1.52. The highest BCUT2D eigenvalue weighted by molar-refractivity contribution is 5.94. The maximum absolute atomic E-state index is 13.9. The third-order valence-corrected chi connectivity index (χ3v) is 6.57. The van der Waals surface area contributed by atoms with Crippen molar-refractivity contribution in [2.24, 2.45) is 11.5 Å². The molecule has 1 aromatic heterocycles. The van der Waals surface area contributed by atoms with E-state index in [1.165, 1.54) is 9.80 Å². The van der Waals surface area contributed by atoms with Crippen LogP contribution in [0.3, 0.4) is 0 Å². The van der Waals surface area contributed by atoms with E-state index in [1.807, 2.05) is 0 Å². The minimum absolute atomic E-state index is 0.0451. The molecule has 8 nitrogen and oxygen atoms in total. The first-order valence-corrected chi connectivity index (χ1v) is 11.7. The molecule has 1 saturated heterocycles. The molecule has 0 saturated carbocycles. The number of halogens is 6. The smallest absolute Gasteiger partial charge is 0.336 e. The topological polar surface area (TPSA) is 110 Å². The van der Waals surface area contributed by atoms with E-state index in [0.29, 0.717) is 31.5 Å².